The first-order chi connectivity index (χ1) is 6.77. The summed E-state index contributed by atoms with van der Waals surface area (Å²) in [7, 11) is 0. The van der Waals surface area contributed by atoms with Crippen molar-refractivity contribution >= 4 is 10.9 Å². The molecule has 3 aromatic rings. The number of H-pyrrole nitrogens is 1. The zero-order valence-electron chi connectivity index (χ0n) is 7.06. The molecule has 0 bridgehead atoms. The van der Waals surface area contributed by atoms with Crippen LogP contribution in [-0.4, -0.2) is 10.2 Å². The lowest BCUT2D eigenvalue weighted by atomic mass is 10.3. The molecule has 5 nitrogen and oxygen atoms in total. The monoisotopic (exact) mass is 190 g/mol. The summed E-state index contributed by atoms with van der Waals surface area (Å²) in [5.74, 6) is 0. The standard InChI is InChI=1S/C7H6N2.C2O3/c1-2-4-7-6(3-1)5-8-9-7;3-1-2(4)5-1/h1-5H,(H,8,9);. The number of para-hydroxylation sites is 1. The number of aromatic nitrogens is 2. The average Bonchev–Trinajstić information content (AvgIpc) is 2.72. The molecule has 5 heteroatoms. The van der Waals surface area contributed by atoms with Gasteiger partial charge in [0.2, 0.25) is 0 Å². The van der Waals surface area contributed by atoms with Gasteiger partial charge in [-0.1, -0.05) is 18.2 Å². The van der Waals surface area contributed by atoms with E-state index in [0.717, 1.165) is 10.9 Å². The van der Waals surface area contributed by atoms with E-state index in [1.165, 1.54) is 0 Å². The quantitative estimate of drug-likeness (QED) is 0.522. The van der Waals surface area contributed by atoms with Gasteiger partial charge in [0, 0.05) is 5.39 Å². The Kier molecular flexibility index (Phi) is 1.98. The van der Waals surface area contributed by atoms with E-state index in [9.17, 15) is 9.59 Å². The molecule has 0 atom stereocenters. The summed E-state index contributed by atoms with van der Waals surface area (Å²) in [5.41, 5.74) is -0.340. The molecule has 3 rings (SSSR count). The van der Waals surface area contributed by atoms with Gasteiger partial charge in [0.15, 0.2) is 0 Å². The Labute approximate surface area is 77.7 Å². The minimum Gasteiger partial charge on any atom is -0.376 e. The highest BCUT2D eigenvalue weighted by Crippen LogP contribution is 2.06. The van der Waals surface area contributed by atoms with Crippen molar-refractivity contribution in [1.82, 2.24) is 10.2 Å². The second kappa shape index (κ2) is 3.29. The minimum absolute atomic E-state index is 0.718. The van der Waals surface area contributed by atoms with Crippen molar-refractivity contribution in [3.8, 4) is 0 Å². The summed E-state index contributed by atoms with van der Waals surface area (Å²) in [4.78, 5) is 18.6. The summed E-state index contributed by atoms with van der Waals surface area (Å²) in [6.07, 6.45) is 1.81. The van der Waals surface area contributed by atoms with Crippen LogP contribution in [0, 0.1) is 0 Å². The number of aromatic amines is 1. The van der Waals surface area contributed by atoms with E-state index in [1.807, 2.05) is 30.5 Å². The zero-order valence-corrected chi connectivity index (χ0v) is 7.06. The highest BCUT2D eigenvalue weighted by Gasteiger charge is 2.02. The van der Waals surface area contributed by atoms with Crippen LogP contribution >= 0.6 is 0 Å². The fraction of sp³-hybridized carbons (Fsp3) is 0. The Morgan fingerprint density at radius 1 is 1.14 bits per heavy atom. The normalized spacial score (nSPS) is 10.0. The third-order valence-electron chi connectivity index (χ3n) is 1.66. The van der Waals surface area contributed by atoms with Crippen molar-refractivity contribution in [1.29, 1.82) is 0 Å². The van der Waals surface area contributed by atoms with Gasteiger partial charge in [0.05, 0.1) is 11.7 Å². The summed E-state index contributed by atoms with van der Waals surface area (Å²) in [5, 5.41) is 7.91. The Morgan fingerprint density at radius 2 is 1.79 bits per heavy atom. The molecular formula is C9H6N2O3. The molecule has 70 valence electrons. The largest absolute Gasteiger partial charge is 0.426 e. The van der Waals surface area contributed by atoms with Gasteiger partial charge in [-0.15, -0.1) is 0 Å². The maximum Gasteiger partial charge on any atom is 0.426 e. The van der Waals surface area contributed by atoms with Crippen molar-refractivity contribution in [2.45, 2.75) is 0 Å². The second-order valence-electron chi connectivity index (χ2n) is 2.63. The molecule has 0 aliphatic heterocycles. The third-order valence-corrected chi connectivity index (χ3v) is 1.66. The molecule has 0 amide bonds. The SMILES string of the molecule is O=c1oc1=O.c1ccc2[nH]ncc2c1. The molecule has 1 N–H and O–H groups in total. The van der Waals surface area contributed by atoms with E-state index in [0.29, 0.717) is 0 Å². The van der Waals surface area contributed by atoms with Gasteiger partial charge >= 0.3 is 11.3 Å². The molecule has 0 saturated carbocycles. The number of nitrogens with zero attached hydrogens (tertiary/aromatic N) is 1. The van der Waals surface area contributed by atoms with Gasteiger partial charge < -0.3 is 4.42 Å². The number of rotatable bonds is 0. The van der Waals surface area contributed by atoms with Crippen molar-refractivity contribution in [3.63, 3.8) is 0 Å². The molecule has 1 aromatic carbocycles. The molecule has 2 heterocycles. The van der Waals surface area contributed by atoms with Crippen LogP contribution in [0.1, 0.15) is 0 Å². The third kappa shape index (κ3) is 1.77. The minimum atomic E-state index is -0.718. The molecule has 0 spiro atoms. The van der Waals surface area contributed by atoms with E-state index in [2.05, 4.69) is 14.6 Å². The van der Waals surface area contributed by atoms with Gasteiger partial charge in [-0.05, 0) is 6.07 Å². The first-order valence-corrected chi connectivity index (χ1v) is 3.91. The van der Waals surface area contributed by atoms with Crippen molar-refractivity contribution in [3.05, 3.63) is 51.3 Å². The molecular weight excluding hydrogens is 184 g/mol. The van der Waals surface area contributed by atoms with Crippen molar-refractivity contribution in [2.75, 3.05) is 0 Å². The molecule has 0 unspecified atom stereocenters. The van der Waals surface area contributed by atoms with Gasteiger partial charge in [-0.2, -0.15) is 5.10 Å². The maximum atomic E-state index is 9.31. The van der Waals surface area contributed by atoms with Crippen LogP contribution in [0.3, 0.4) is 0 Å². The number of hydrogen-bond acceptors (Lipinski definition) is 4. The highest BCUT2D eigenvalue weighted by atomic mass is 16.5. The summed E-state index contributed by atoms with van der Waals surface area (Å²) >= 11 is 0. The first kappa shape index (κ1) is 8.43. The van der Waals surface area contributed by atoms with E-state index in [1.54, 1.807) is 0 Å². The average molecular weight is 190 g/mol. The lowest BCUT2D eigenvalue weighted by Crippen LogP contribution is -1.88. The fourth-order valence-corrected chi connectivity index (χ4v) is 0.941. The van der Waals surface area contributed by atoms with E-state index < -0.39 is 11.3 Å². The van der Waals surface area contributed by atoms with Crippen LogP contribution in [-0.2, 0) is 0 Å². The van der Waals surface area contributed by atoms with Crippen molar-refractivity contribution < 1.29 is 4.42 Å². The Balaban J connectivity index is 0.000000128. The molecule has 14 heavy (non-hydrogen) atoms. The first-order valence-electron chi connectivity index (χ1n) is 3.91. The van der Waals surface area contributed by atoms with Gasteiger partial charge in [-0.3, -0.25) is 5.10 Å². The molecule has 0 aliphatic rings. The molecule has 0 radical (unpaired) electrons. The van der Waals surface area contributed by atoms with Crippen molar-refractivity contribution in [2.24, 2.45) is 0 Å². The summed E-state index contributed by atoms with van der Waals surface area (Å²) in [6, 6.07) is 8.01. The van der Waals surface area contributed by atoms with E-state index in [4.69, 9.17) is 0 Å². The molecule has 2 aromatic heterocycles. The molecule has 0 fully saturated rings. The zero-order chi connectivity index (χ0) is 9.97. The Morgan fingerprint density at radius 3 is 2.36 bits per heavy atom. The van der Waals surface area contributed by atoms with Crippen LogP contribution in [0.2, 0.25) is 0 Å². The highest BCUT2D eigenvalue weighted by molar-refractivity contribution is 5.77. The maximum absolute atomic E-state index is 9.31. The number of nitrogens with one attached hydrogen (secondary N) is 1. The smallest absolute Gasteiger partial charge is 0.376 e. The van der Waals surface area contributed by atoms with Crippen LogP contribution in [0.4, 0.5) is 0 Å². The fourth-order valence-electron chi connectivity index (χ4n) is 0.941. The predicted molar refractivity (Wildman–Crippen MR) is 49.7 cm³/mol. The topological polar surface area (TPSA) is 76.0 Å². The van der Waals surface area contributed by atoms with Crippen LogP contribution < -0.4 is 11.3 Å². The molecule has 0 aliphatic carbocycles. The Hall–Kier alpha value is -2.17. The lowest BCUT2D eigenvalue weighted by molar-refractivity contribution is 0.650. The van der Waals surface area contributed by atoms with E-state index >= 15 is 0 Å². The van der Waals surface area contributed by atoms with Gasteiger partial charge in [0.1, 0.15) is 0 Å². The Bertz CT molecular complexity index is 549. The van der Waals surface area contributed by atoms with Crippen LogP contribution in [0.15, 0.2) is 44.5 Å². The predicted octanol–water partition coefficient (Wildman–Crippen LogP) is 0.439. The number of hydrogen-bond donors (Lipinski definition) is 1. The summed E-state index contributed by atoms with van der Waals surface area (Å²) < 4.78 is 3.64. The van der Waals surface area contributed by atoms with E-state index in [-0.39, 0.29) is 0 Å². The van der Waals surface area contributed by atoms with Crippen LogP contribution in [0.5, 0.6) is 0 Å². The second-order valence-corrected chi connectivity index (χ2v) is 2.63. The molecule has 0 saturated heterocycles. The number of benzene rings is 1. The van der Waals surface area contributed by atoms with Gasteiger partial charge in [0.25, 0.3) is 0 Å². The number of fused-ring (bicyclic) bond motifs is 1. The van der Waals surface area contributed by atoms with Gasteiger partial charge in [-0.25, -0.2) is 9.59 Å². The lowest BCUT2D eigenvalue weighted by Gasteiger charge is -1.81. The summed E-state index contributed by atoms with van der Waals surface area (Å²) in [6.45, 7) is 0. The van der Waals surface area contributed by atoms with Crippen LogP contribution in [0.25, 0.3) is 10.9 Å².